The average molecular weight is 251 g/mol. The van der Waals surface area contributed by atoms with Crippen molar-refractivity contribution >= 4 is 11.0 Å². The second kappa shape index (κ2) is 4.65. The first-order valence-corrected chi connectivity index (χ1v) is 6.20. The van der Waals surface area contributed by atoms with Crippen molar-refractivity contribution in [2.24, 2.45) is 0 Å². The first kappa shape index (κ1) is 11.6. The van der Waals surface area contributed by atoms with E-state index in [4.69, 9.17) is 0 Å². The first-order chi connectivity index (χ1) is 8.72. The van der Waals surface area contributed by atoms with Gasteiger partial charge in [-0.25, -0.2) is 13.8 Å². The number of aromatic amines is 1. The number of fused-ring (bicyclic) bond motifs is 1. The molecule has 0 aliphatic carbocycles. The first-order valence-electron chi connectivity index (χ1n) is 6.20. The maximum absolute atomic E-state index is 13.2. The molecule has 18 heavy (non-hydrogen) atoms. The van der Waals surface area contributed by atoms with Gasteiger partial charge in [-0.05, 0) is 25.0 Å². The Morgan fingerprint density at radius 2 is 2.06 bits per heavy atom. The Bertz CT molecular complexity index is 507. The van der Waals surface area contributed by atoms with Crippen LogP contribution in [0.15, 0.2) is 24.3 Å². The van der Waals surface area contributed by atoms with Crippen LogP contribution in [-0.2, 0) is 6.42 Å². The lowest BCUT2D eigenvalue weighted by atomic mass is 10.00. The van der Waals surface area contributed by atoms with Gasteiger partial charge in [-0.15, -0.1) is 0 Å². The fourth-order valence-corrected chi connectivity index (χ4v) is 2.42. The van der Waals surface area contributed by atoms with Gasteiger partial charge in [-0.1, -0.05) is 12.1 Å². The molecule has 1 aliphatic rings. The fraction of sp³-hybridized carbons (Fsp3) is 0.462. The van der Waals surface area contributed by atoms with Crippen molar-refractivity contribution in [2.75, 3.05) is 0 Å². The van der Waals surface area contributed by atoms with Crippen molar-refractivity contribution in [3.8, 4) is 0 Å². The number of hydrogen-bond acceptors (Lipinski definition) is 2. The summed E-state index contributed by atoms with van der Waals surface area (Å²) in [6, 6.07) is 7.70. The summed E-state index contributed by atoms with van der Waals surface area (Å²) < 4.78 is 26.2. The molecular formula is C13H15F2N3. The van der Waals surface area contributed by atoms with E-state index in [0.717, 1.165) is 16.9 Å². The molecule has 1 saturated heterocycles. The third-order valence-corrected chi connectivity index (χ3v) is 3.38. The molecule has 5 heteroatoms. The van der Waals surface area contributed by atoms with Gasteiger partial charge in [-0.2, -0.15) is 0 Å². The zero-order valence-electron chi connectivity index (χ0n) is 9.87. The summed E-state index contributed by atoms with van der Waals surface area (Å²) in [5.74, 6) is 0.818. The zero-order chi connectivity index (χ0) is 12.5. The molecule has 0 saturated carbocycles. The van der Waals surface area contributed by atoms with Crippen molar-refractivity contribution in [1.29, 1.82) is 0 Å². The van der Waals surface area contributed by atoms with Gasteiger partial charge in [0.25, 0.3) is 0 Å². The van der Waals surface area contributed by atoms with E-state index in [0.29, 0.717) is 12.8 Å². The fourth-order valence-electron chi connectivity index (χ4n) is 2.42. The molecule has 2 heterocycles. The number of para-hydroxylation sites is 2. The summed E-state index contributed by atoms with van der Waals surface area (Å²) in [6.07, 6.45) is -1.41. The van der Waals surface area contributed by atoms with Gasteiger partial charge < -0.3 is 4.98 Å². The third-order valence-electron chi connectivity index (χ3n) is 3.38. The molecule has 0 spiro atoms. The zero-order valence-corrected chi connectivity index (χ0v) is 9.87. The highest BCUT2D eigenvalue weighted by Gasteiger charge is 2.29. The Hall–Kier alpha value is -1.49. The van der Waals surface area contributed by atoms with Crippen molar-refractivity contribution in [1.82, 2.24) is 15.3 Å². The average Bonchev–Trinajstić information content (AvgIpc) is 2.76. The number of hydrogen-bond donors (Lipinski definition) is 2. The summed E-state index contributed by atoms with van der Waals surface area (Å²) in [5, 5.41) is 2.66. The number of alkyl halides is 2. The minimum absolute atomic E-state index is 0.0486. The summed E-state index contributed by atoms with van der Waals surface area (Å²) in [6.45, 7) is 0. The van der Waals surface area contributed by atoms with E-state index < -0.39 is 12.5 Å². The van der Waals surface area contributed by atoms with Gasteiger partial charge in [0.1, 0.15) is 12.0 Å². The van der Waals surface area contributed by atoms with E-state index in [-0.39, 0.29) is 12.5 Å². The predicted molar refractivity (Wildman–Crippen MR) is 65.7 cm³/mol. The lowest BCUT2D eigenvalue weighted by Crippen LogP contribution is -2.47. The van der Waals surface area contributed by atoms with Gasteiger partial charge >= 0.3 is 0 Å². The van der Waals surface area contributed by atoms with E-state index in [2.05, 4.69) is 15.3 Å². The van der Waals surface area contributed by atoms with Crippen LogP contribution in [0.5, 0.6) is 0 Å². The van der Waals surface area contributed by atoms with Crippen molar-refractivity contribution in [3.63, 3.8) is 0 Å². The number of imidazole rings is 1. The van der Waals surface area contributed by atoms with Crippen LogP contribution in [0, 0.1) is 0 Å². The minimum Gasteiger partial charge on any atom is -0.342 e. The molecule has 0 radical (unpaired) electrons. The lowest BCUT2D eigenvalue weighted by molar-refractivity contribution is 0.0781. The van der Waals surface area contributed by atoms with Crippen LogP contribution in [-0.4, -0.2) is 28.5 Å². The number of aromatic nitrogens is 2. The number of nitrogens with zero attached hydrogens (tertiary/aromatic N) is 1. The van der Waals surface area contributed by atoms with Gasteiger partial charge in [0.15, 0.2) is 6.30 Å². The maximum atomic E-state index is 13.2. The molecule has 1 aromatic carbocycles. The standard InChI is InChI=1S/C13H15F2N3/c14-9-6-5-8(16-13(9)15)7-12-17-10-3-1-2-4-11(10)18-12/h1-4,8-9,13,16H,5-7H2,(H,17,18). The minimum atomic E-state index is -1.55. The third kappa shape index (κ3) is 2.22. The summed E-state index contributed by atoms with van der Waals surface area (Å²) in [4.78, 5) is 7.64. The summed E-state index contributed by atoms with van der Waals surface area (Å²) >= 11 is 0. The van der Waals surface area contributed by atoms with Crippen molar-refractivity contribution in [3.05, 3.63) is 30.1 Å². The van der Waals surface area contributed by atoms with E-state index in [1.165, 1.54) is 0 Å². The Morgan fingerprint density at radius 1 is 1.22 bits per heavy atom. The molecule has 1 aromatic heterocycles. The Labute approximate surface area is 104 Å². The highest BCUT2D eigenvalue weighted by atomic mass is 19.2. The van der Waals surface area contributed by atoms with E-state index >= 15 is 0 Å². The Balaban J connectivity index is 1.72. The smallest absolute Gasteiger partial charge is 0.182 e. The van der Waals surface area contributed by atoms with Gasteiger partial charge in [0.2, 0.25) is 0 Å². The van der Waals surface area contributed by atoms with Crippen LogP contribution in [0.1, 0.15) is 18.7 Å². The summed E-state index contributed by atoms with van der Waals surface area (Å²) in [7, 11) is 0. The number of benzene rings is 1. The molecule has 2 aromatic rings. The van der Waals surface area contributed by atoms with Crippen molar-refractivity contribution < 1.29 is 8.78 Å². The number of halogens is 2. The normalized spacial score (nSPS) is 28.7. The molecule has 1 aliphatic heterocycles. The van der Waals surface area contributed by atoms with Gasteiger partial charge in [-0.3, -0.25) is 5.32 Å². The Kier molecular flexibility index (Phi) is 2.99. The lowest BCUT2D eigenvalue weighted by Gasteiger charge is -2.28. The number of H-pyrrole nitrogens is 1. The molecule has 3 nitrogen and oxygen atoms in total. The maximum Gasteiger partial charge on any atom is 0.182 e. The van der Waals surface area contributed by atoms with E-state index in [1.54, 1.807) is 0 Å². The number of rotatable bonds is 2. The topological polar surface area (TPSA) is 40.7 Å². The molecule has 1 fully saturated rings. The van der Waals surface area contributed by atoms with E-state index in [9.17, 15) is 8.78 Å². The molecule has 96 valence electrons. The van der Waals surface area contributed by atoms with Crippen LogP contribution in [0.4, 0.5) is 8.78 Å². The quantitative estimate of drug-likeness (QED) is 0.805. The summed E-state index contributed by atoms with van der Waals surface area (Å²) in [5.41, 5.74) is 1.88. The van der Waals surface area contributed by atoms with Crippen LogP contribution in [0.3, 0.4) is 0 Å². The number of nitrogens with one attached hydrogen (secondary N) is 2. The highest BCUT2D eigenvalue weighted by molar-refractivity contribution is 5.74. The van der Waals surface area contributed by atoms with Crippen LogP contribution in [0.25, 0.3) is 11.0 Å². The molecule has 3 atom stereocenters. The molecule has 0 amide bonds. The molecule has 0 bridgehead atoms. The molecule has 3 rings (SSSR count). The van der Waals surface area contributed by atoms with Gasteiger partial charge in [0.05, 0.1) is 11.0 Å². The van der Waals surface area contributed by atoms with Crippen LogP contribution < -0.4 is 5.32 Å². The molecular weight excluding hydrogens is 236 g/mol. The van der Waals surface area contributed by atoms with Crippen LogP contribution >= 0.6 is 0 Å². The predicted octanol–water partition coefficient (Wildman–Crippen LogP) is 2.49. The highest BCUT2D eigenvalue weighted by Crippen LogP contribution is 2.20. The Morgan fingerprint density at radius 3 is 2.83 bits per heavy atom. The van der Waals surface area contributed by atoms with Crippen LogP contribution in [0.2, 0.25) is 0 Å². The second-order valence-electron chi connectivity index (χ2n) is 4.76. The van der Waals surface area contributed by atoms with E-state index in [1.807, 2.05) is 24.3 Å². The second-order valence-corrected chi connectivity index (χ2v) is 4.76. The van der Waals surface area contributed by atoms with Gasteiger partial charge in [0, 0.05) is 12.5 Å². The largest absolute Gasteiger partial charge is 0.342 e. The SMILES string of the molecule is FC1CCC(Cc2nc3ccccc3[nH]2)NC1F. The molecule has 2 N–H and O–H groups in total. The monoisotopic (exact) mass is 251 g/mol. The van der Waals surface area contributed by atoms with Crippen molar-refractivity contribution in [2.45, 2.75) is 37.8 Å². The number of piperidine rings is 1. The molecule has 3 unspecified atom stereocenters.